The van der Waals surface area contributed by atoms with E-state index in [1.165, 1.54) is 11.2 Å². The third kappa shape index (κ3) is 3.02. The molecule has 2 heterocycles. The Labute approximate surface area is 117 Å². The number of hydrogen-bond acceptors (Lipinski definition) is 6. The predicted octanol–water partition coefficient (Wildman–Crippen LogP) is 3.12. The molecule has 0 fully saturated rings. The summed E-state index contributed by atoms with van der Waals surface area (Å²) in [6, 6.07) is 4.37. The predicted molar refractivity (Wildman–Crippen MR) is 80.3 cm³/mol. The van der Waals surface area contributed by atoms with Crippen molar-refractivity contribution in [1.29, 1.82) is 0 Å². The molecule has 2 aromatic heterocycles. The van der Waals surface area contributed by atoms with Crippen molar-refractivity contribution in [2.24, 2.45) is 5.84 Å². The average Bonchev–Trinajstić information content (AvgIpc) is 2.92. The Kier molecular flexibility index (Phi) is 4.34. The van der Waals surface area contributed by atoms with E-state index in [9.17, 15) is 0 Å². The highest BCUT2D eigenvalue weighted by Crippen LogP contribution is 2.30. The number of aromatic nitrogens is 2. The molecule has 102 valence electrons. The van der Waals surface area contributed by atoms with Crippen LogP contribution >= 0.6 is 11.3 Å². The maximum absolute atomic E-state index is 5.52. The Balaban J connectivity index is 2.29. The second kappa shape index (κ2) is 5.99. The summed E-state index contributed by atoms with van der Waals surface area (Å²) < 4.78 is 0. The van der Waals surface area contributed by atoms with Gasteiger partial charge in [0.2, 0.25) is 0 Å². The van der Waals surface area contributed by atoms with Crippen LogP contribution in [0, 0.1) is 0 Å². The summed E-state index contributed by atoms with van der Waals surface area (Å²) in [7, 11) is 0. The molecule has 0 spiro atoms. The Morgan fingerprint density at radius 1 is 1.21 bits per heavy atom. The minimum atomic E-state index is 0.207. The molecule has 0 aliphatic rings. The Morgan fingerprint density at radius 2 is 1.95 bits per heavy atom. The molecule has 2 rings (SSSR count). The van der Waals surface area contributed by atoms with Crippen LogP contribution in [0.5, 0.6) is 0 Å². The number of nitrogens with two attached hydrogens (primary N) is 1. The molecule has 0 aromatic carbocycles. The van der Waals surface area contributed by atoms with E-state index < -0.39 is 0 Å². The summed E-state index contributed by atoms with van der Waals surface area (Å²) in [5, 5.41) is 5.51. The number of nitrogen functional groups attached to an aromatic ring is 1. The number of nitrogens with one attached hydrogen (secondary N) is 2. The lowest BCUT2D eigenvalue weighted by molar-refractivity contribution is 0.825. The van der Waals surface area contributed by atoms with E-state index in [-0.39, 0.29) is 12.0 Å². The lowest BCUT2D eigenvalue weighted by Gasteiger charge is -2.19. The Morgan fingerprint density at radius 3 is 2.53 bits per heavy atom. The van der Waals surface area contributed by atoms with Crippen molar-refractivity contribution in [3.63, 3.8) is 0 Å². The van der Waals surface area contributed by atoms with Crippen LogP contribution in [-0.4, -0.2) is 9.97 Å². The number of anilines is 2. The van der Waals surface area contributed by atoms with Gasteiger partial charge in [-0.15, -0.1) is 11.3 Å². The van der Waals surface area contributed by atoms with Gasteiger partial charge in [-0.3, -0.25) is 0 Å². The van der Waals surface area contributed by atoms with Crippen molar-refractivity contribution in [1.82, 2.24) is 9.97 Å². The van der Waals surface area contributed by atoms with Gasteiger partial charge in [-0.1, -0.05) is 19.9 Å². The van der Waals surface area contributed by atoms with Gasteiger partial charge < -0.3 is 10.7 Å². The van der Waals surface area contributed by atoms with Gasteiger partial charge in [-0.2, -0.15) is 0 Å². The van der Waals surface area contributed by atoms with Gasteiger partial charge in [0.15, 0.2) is 0 Å². The number of hydrazine groups is 1. The molecule has 0 radical (unpaired) electrons. The summed E-state index contributed by atoms with van der Waals surface area (Å²) in [5.41, 5.74) is 3.64. The van der Waals surface area contributed by atoms with Crippen LogP contribution in [0.4, 0.5) is 11.6 Å². The quantitative estimate of drug-likeness (QED) is 0.578. The molecule has 6 heteroatoms. The van der Waals surface area contributed by atoms with Crippen molar-refractivity contribution in [3.8, 4) is 0 Å². The van der Waals surface area contributed by atoms with Gasteiger partial charge in [-0.05, 0) is 24.3 Å². The number of thiophene rings is 1. The smallest absolute Gasteiger partial charge is 0.148 e. The van der Waals surface area contributed by atoms with Gasteiger partial charge in [0.1, 0.15) is 18.0 Å². The molecule has 4 N–H and O–H groups in total. The van der Waals surface area contributed by atoms with Crippen molar-refractivity contribution < 1.29 is 0 Å². The molecule has 0 aliphatic carbocycles. The first-order chi connectivity index (χ1) is 9.13. The van der Waals surface area contributed by atoms with Crippen LogP contribution in [0.1, 0.15) is 43.2 Å². The minimum absolute atomic E-state index is 0.207. The highest BCUT2D eigenvalue weighted by atomic mass is 32.1. The summed E-state index contributed by atoms with van der Waals surface area (Å²) in [5.74, 6) is 7.30. The summed E-state index contributed by atoms with van der Waals surface area (Å²) in [6.07, 6.45) is 1.52. The maximum Gasteiger partial charge on any atom is 0.148 e. The number of rotatable bonds is 5. The van der Waals surface area contributed by atoms with Crippen LogP contribution in [0.2, 0.25) is 0 Å². The average molecular weight is 277 g/mol. The van der Waals surface area contributed by atoms with E-state index >= 15 is 0 Å². The second-order valence-corrected chi connectivity index (χ2v) is 5.64. The molecule has 5 nitrogen and oxygen atoms in total. The largest absolute Gasteiger partial charge is 0.362 e. The fourth-order valence-electron chi connectivity index (χ4n) is 1.99. The molecule has 0 saturated heterocycles. The van der Waals surface area contributed by atoms with E-state index in [2.05, 4.69) is 52.9 Å². The molecular weight excluding hydrogens is 258 g/mol. The molecule has 1 unspecified atom stereocenters. The molecule has 1 atom stereocenters. The lowest BCUT2D eigenvalue weighted by Crippen LogP contribution is -2.16. The van der Waals surface area contributed by atoms with E-state index in [1.807, 2.05) is 6.07 Å². The van der Waals surface area contributed by atoms with Crippen LogP contribution in [-0.2, 0) is 0 Å². The molecule has 0 saturated carbocycles. The zero-order valence-electron chi connectivity index (χ0n) is 11.3. The molecule has 0 aliphatic heterocycles. The summed E-state index contributed by atoms with van der Waals surface area (Å²) in [4.78, 5) is 9.78. The topological polar surface area (TPSA) is 75.9 Å². The Hall–Kier alpha value is -1.66. The fraction of sp³-hybridized carbons (Fsp3) is 0.385. The molecule has 0 amide bonds. The standard InChI is InChI=1S/C13H19N5S/c1-8(2)11-12(15-7-16-13(11)18-14)17-9(3)10-5-4-6-19-10/h4-9H,14H2,1-3H3,(H2,15,16,17,18). The monoisotopic (exact) mass is 277 g/mol. The number of nitrogens with zero attached hydrogens (tertiary/aromatic N) is 2. The second-order valence-electron chi connectivity index (χ2n) is 4.67. The van der Waals surface area contributed by atoms with Gasteiger partial charge >= 0.3 is 0 Å². The summed E-state index contributed by atoms with van der Waals surface area (Å²) in [6.45, 7) is 6.31. The fourth-order valence-corrected chi connectivity index (χ4v) is 2.72. The highest BCUT2D eigenvalue weighted by molar-refractivity contribution is 7.10. The van der Waals surface area contributed by atoms with E-state index in [0.29, 0.717) is 5.82 Å². The molecule has 2 aromatic rings. The minimum Gasteiger partial charge on any atom is -0.362 e. The van der Waals surface area contributed by atoms with E-state index in [4.69, 9.17) is 5.84 Å². The first kappa shape index (κ1) is 13.8. The molecule has 0 bridgehead atoms. The van der Waals surface area contributed by atoms with Crippen molar-refractivity contribution >= 4 is 23.0 Å². The first-order valence-corrected chi connectivity index (χ1v) is 7.13. The first-order valence-electron chi connectivity index (χ1n) is 6.25. The molecule has 19 heavy (non-hydrogen) atoms. The van der Waals surface area contributed by atoms with Gasteiger partial charge in [0, 0.05) is 10.4 Å². The number of hydrogen-bond donors (Lipinski definition) is 3. The van der Waals surface area contributed by atoms with Gasteiger partial charge in [0.05, 0.1) is 6.04 Å². The third-order valence-electron chi connectivity index (χ3n) is 2.92. The van der Waals surface area contributed by atoms with Gasteiger partial charge in [-0.25, -0.2) is 15.8 Å². The SMILES string of the molecule is CC(C)c1c(NN)ncnc1NC(C)c1cccs1. The third-order valence-corrected chi connectivity index (χ3v) is 3.98. The maximum atomic E-state index is 5.52. The highest BCUT2D eigenvalue weighted by Gasteiger charge is 2.16. The van der Waals surface area contributed by atoms with Crippen LogP contribution < -0.4 is 16.6 Å². The Bertz CT molecular complexity index is 524. The molecular formula is C13H19N5S. The lowest BCUT2D eigenvalue weighted by atomic mass is 10.0. The van der Waals surface area contributed by atoms with Crippen LogP contribution in [0.25, 0.3) is 0 Å². The van der Waals surface area contributed by atoms with E-state index in [1.54, 1.807) is 11.3 Å². The summed E-state index contributed by atoms with van der Waals surface area (Å²) >= 11 is 1.73. The van der Waals surface area contributed by atoms with Crippen molar-refractivity contribution in [2.45, 2.75) is 32.7 Å². The normalized spacial score (nSPS) is 12.5. The van der Waals surface area contributed by atoms with Gasteiger partial charge in [0.25, 0.3) is 0 Å². The van der Waals surface area contributed by atoms with E-state index in [0.717, 1.165) is 11.4 Å². The van der Waals surface area contributed by atoms with Crippen LogP contribution in [0.15, 0.2) is 23.8 Å². The van der Waals surface area contributed by atoms with Crippen molar-refractivity contribution in [3.05, 3.63) is 34.3 Å². The zero-order chi connectivity index (χ0) is 13.8. The van der Waals surface area contributed by atoms with Crippen LogP contribution in [0.3, 0.4) is 0 Å². The zero-order valence-corrected chi connectivity index (χ0v) is 12.2. The van der Waals surface area contributed by atoms with Crippen molar-refractivity contribution in [2.75, 3.05) is 10.7 Å².